The molecule has 1 N–H and O–H groups in total. The van der Waals surface area contributed by atoms with Gasteiger partial charge in [-0.3, -0.25) is 4.79 Å². The minimum Gasteiger partial charge on any atom is -0.481 e. The van der Waals surface area contributed by atoms with Crippen LogP contribution in [0.2, 0.25) is 0 Å². The van der Waals surface area contributed by atoms with E-state index in [0.29, 0.717) is 20.5 Å². The quantitative estimate of drug-likeness (QED) is 0.486. The number of nitrogens with one attached hydrogen (secondary N) is 1. The summed E-state index contributed by atoms with van der Waals surface area (Å²) in [5.74, 6) is -0.253. The van der Waals surface area contributed by atoms with Gasteiger partial charge in [-0.05, 0) is 24.3 Å². The number of amides is 1. The maximum atomic E-state index is 11.7. The van der Waals surface area contributed by atoms with Gasteiger partial charge in [-0.25, -0.2) is 4.79 Å². The molecule has 2 rings (SSSR count). The summed E-state index contributed by atoms with van der Waals surface area (Å²) in [5.41, 5.74) is 0.663. The Morgan fingerprint density at radius 3 is 2.90 bits per heavy atom. The Bertz CT molecular complexity index is 645. The number of methoxy groups -OCH3 is 1. The Morgan fingerprint density at radius 2 is 2.29 bits per heavy atom. The van der Waals surface area contributed by atoms with Gasteiger partial charge in [0, 0.05) is 10.0 Å². The van der Waals surface area contributed by atoms with Crippen LogP contribution < -0.4 is 10.1 Å². The Hall–Kier alpha value is -1.38. The van der Waals surface area contributed by atoms with Crippen molar-refractivity contribution in [3.05, 3.63) is 33.1 Å². The van der Waals surface area contributed by atoms with Crippen LogP contribution in [0.15, 0.2) is 27.6 Å². The first-order valence-electron chi connectivity index (χ1n) is 5.73. The predicted octanol–water partition coefficient (Wildman–Crippen LogP) is 2.49. The molecular weight excluding hydrogens is 378 g/mol. The Morgan fingerprint density at radius 1 is 1.52 bits per heavy atom. The zero-order valence-electron chi connectivity index (χ0n) is 10.8. The summed E-state index contributed by atoms with van der Waals surface area (Å²) in [6.07, 6.45) is 1.66. The second kappa shape index (κ2) is 7.06. The lowest BCUT2D eigenvalue weighted by Gasteiger charge is -2.09. The highest BCUT2D eigenvalue weighted by Crippen LogP contribution is 2.31. The van der Waals surface area contributed by atoms with E-state index >= 15 is 0 Å². The number of benzene rings is 1. The van der Waals surface area contributed by atoms with E-state index in [1.54, 1.807) is 24.3 Å². The zero-order chi connectivity index (χ0) is 15.4. The van der Waals surface area contributed by atoms with E-state index in [-0.39, 0.29) is 12.5 Å². The smallest absolute Gasteiger partial charge is 0.343 e. The first-order chi connectivity index (χ1) is 9.99. The molecule has 0 radical (unpaired) electrons. The molecule has 1 aliphatic heterocycles. The minimum absolute atomic E-state index is 0.202. The highest BCUT2D eigenvalue weighted by molar-refractivity contribution is 9.10. The number of carbonyl (C=O) groups is 2. The molecule has 0 aliphatic carbocycles. The molecule has 1 aromatic carbocycles. The van der Waals surface area contributed by atoms with E-state index in [9.17, 15) is 9.59 Å². The molecule has 0 bridgehead atoms. The normalized spacial score (nSPS) is 16.0. The molecule has 8 heteroatoms. The third kappa shape index (κ3) is 4.29. The van der Waals surface area contributed by atoms with Crippen molar-refractivity contribution in [3.8, 4) is 5.75 Å². The molecule has 1 saturated heterocycles. The summed E-state index contributed by atoms with van der Waals surface area (Å²) in [5, 5.41) is 2.54. The lowest BCUT2D eigenvalue weighted by molar-refractivity contribution is -0.142. The van der Waals surface area contributed by atoms with Gasteiger partial charge in [0.1, 0.15) is 10.1 Å². The topological polar surface area (TPSA) is 64.6 Å². The highest BCUT2D eigenvalue weighted by atomic mass is 79.9. The number of ether oxygens (including phenoxy) is 2. The van der Waals surface area contributed by atoms with Crippen LogP contribution in [-0.2, 0) is 14.3 Å². The van der Waals surface area contributed by atoms with Crippen molar-refractivity contribution < 1.29 is 19.1 Å². The van der Waals surface area contributed by atoms with Crippen molar-refractivity contribution in [3.63, 3.8) is 0 Å². The number of thioether (sulfide) groups is 1. The van der Waals surface area contributed by atoms with Gasteiger partial charge in [-0.1, -0.05) is 39.9 Å². The van der Waals surface area contributed by atoms with Gasteiger partial charge in [0.05, 0.1) is 12.0 Å². The molecule has 1 heterocycles. The van der Waals surface area contributed by atoms with Gasteiger partial charge in [0.2, 0.25) is 0 Å². The van der Waals surface area contributed by atoms with E-state index in [4.69, 9.17) is 17.0 Å². The number of hydrogen-bond acceptors (Lipinski definition) is 6. The van der Waals surface area contributed by atoms with Crippen LogP contribution in [0.1, 0.15) is 5.56 Å². The molecule has 5 nitrogen and oxygen atoms in total. The SMILES string of the molecule is COC(=O)COc1ccc(Br)cc1/C=C1\SC(=S)NC1=O. The van der Waals surface area contributed by atoms with E-state index in [1.807, 2.05) is 0 Å². The molecule has 21 heavy (non-hydrogen) atoms. The van der Waals surface area contributed by atoms with Gasteiger partial charge in [0.25, 0.3) is 5.91 Å². The average Bonchev–Trinajstić information content (AvgIpc) is 2.75. The standard InChI is InChI=1S/C13H10BrNO4S2/c1-18-11(16)6-19-9-3-2-8(14)4-7(9)5-10-12(17)15-13(20)21-10/h2-5H,6H2,1H3,(H,15,17,20)/b10-5-. The average molecular weight is 388 g/mol. The van der Waals surface area contributed by atoms with Gasteiger partial charge in [-0.15, -0.1) is 0 Å². The Kier molecular flexibility index (Phi) is 5.38. The van der Waals surface area contributed by atoms with Gasteiger partial charge >= 0.3 is 5.97 Å². The molecule has 0 saturated carbocycles. The number of halogens is 1. The van der Waals surface area contributed by atoms with E-state index in [1.165, 1.54) is 18.9 Å². The number of thiocarbonyl (C=S) groups is 1. The first kappa shape index (κ1) is 16.0. The highest BCUT2D eigenvalue weighted by Gasteiger charge is 2.22. The molecular formula is C13H10BrNO4S2. The lowest BCUT2D eigenvalue weighted by Crippen LogP contribution is -2.17. The molecule has 1 fully saturated rings. The molecule has 1 amide bonds. The Balaban J connectivity index is 2.27. The van der Waals surface area contributed by atoms with Crippen LogP contribution in [0.5, 0.6) is 5.75 Å². The summed E-state index contributed by atoms with van der Waals surface area (Å²) in [4.78, 5) is 23.3. The molecule has 0 aromatic heterocycles. The summed E-state index contributed by atoms with van der Waals surface area (Å²) in [7, 11) is 1.29. The van der Waals surface area contributed by atoms with Gasteiger partial charge in [0.15, 0.2) is 6.61 Å². The third-order valence-corrected chi connectivity index (χ3v) is 4.13. The fraction of sp³-hybridized carbons (Fsp3) is 0.154. The monoisotopic (exact) mass is 387 g/mol. The van der Waals surface area contributed by atoms with Crippen molar-refractivity contribution in [2.75, 3.05) is 13.7 Å². The number of rotatable bonds is 4. The second-order valence-electron chi connectivity index (χ2n) is 3.90. The molecule has 110 valence electrons. The Labute approximate surface area is 139 Å². The van der Waals surface area contributed by atoms with E-state index in [2.05, 4.69) is 26.0 Å². The largest absolute Gasteiger partial charge is 0.481 e. The van der Waals surface area contributed by atoms with Crippen molar-refractivity contribution in [2.24, 2.45) is 0 Å². The third-order valence-electron chi connectivity index (χ3n) is 2.47. The number of carbonyl (C=O) groups excluding carboxylic acids is 2. The molecule has 0 unspecified atom stereocenters. The molecule has 0 spiro atoms. The fourth-order valence-corrected chi connectivity index (χ4v) is 2.94. The number of hydrogen-bond donors (Lipinski definition) is 1. The van der Waals surface area contributed by atoms with Crippen LogP contribution in [-0.4, -0.2) is 29.9 Å². The maximum Gasteiger partial charge on any atom is 0.343 e. The van der Waals surface area contributed by atoms with Crippen LogP contribution in [0, 0.1) is 0 Å². The summed E-state index contributed by atoms with van der Waals surface area (Å²) >= 11 is 9.48. The predicted molar refractivity (Wildman–Crippen MR) is 88.0 cm³/mol. The van der Waals surface area contributed by atoms with Gasteiger partial charge < -0.3 is 14.8 Å². The zero-order valence-corrected chi connectivity index (χ0v) is 14.1. The molecule has 1 aromatic rings. The second-order valence-corrected chi connectivity index (χ2v) is 6.53. The van der Waals surface area contributed by atoms with E-state index in [0.717, 1.165) is 4.47 Å². The van der Waals surface area contributed by atoms with Crippen LogP contribution in [0.4, 0.5) is 0 Å². The summed E-state index contributed by atoms with van der Waals surface area (Å²) < 4.78 is 11.2. The van der Waals surface area contributed by atoms with Crippen LogP contribution >= 0.6 is 39.9 Å². The van der Waals surface area contributed by atoms with E-state index < -0.39 is 5.97 Å². The van der Waals surface area contributed by atoms with Crippen molar-refractivity contribution in [2.45, 2.75) is 0 Å². The van der Waals surface area contributed by atoms with Gasteiger partial charge in [-0.2, -0.15) is 0 Å². The summed E-state index contributed by atoms with van der Waals surface area (Å²) in [6.45, 7) is -0.202. The fourth-order valence-electron chi connectivity index (χ4n) is 1.52. The number of esters is 1. The minimum atomic E-state index is -0.481. The van der Waals surface area contributed by atoms with Crippen molar-refractivity contribution in [1.82, 2.24) is 5.32 Å². The maximum absolute atomic E-state index is 11.7. The van der Waals surface area contributed by atoms with Crippen molar-refractivity contribution >= 4 is 62.2 Å². The van der Waals surface area contributed by atoms with Crippen molar-refractivity contribution in [1.29, 1.82) is 0 Å². The molecule has 0 atom stereocenters. The van der Waals surface area contributed by atoms with Crippen LogP contribution in [0.25, 0.3) is 6.08 Å². The first-order valence-corrected chi connectivity index (χ1v) is 7.75. The summed E-state index contributed by atoms with van der Waals surface area (Å²) in [6, 6.07) is 5.27. The lowest BCUT2D eigenvalue weighted by atomic mass is 10.2. The van der Waals surface area contributed by atoms with Crippen LogP contribution in [0.3, 0.4) is 0 Å². The molecule has 1 aliphatic rings.